The summed E-state index contributed by atoms with van der Waals surface area (Å²) >= 11 is -1.38. The van der Waals surface area contributed by atoms with E-state index in [0.717, 1.165) is 64.2 Å². The Labute approximate surface area is 607 Å². The summed E-state index contributed by atoms with van der Waals surface area (Å²) in [5.41, 5.74) is -2.31. The first-order chi connectivity index (χ1) is 46.1. The Bertz CT molecular complexity index is 3230. The van der Waals surface area contributed by atoms with Gasteiger partial charge in [0.1, 0.15) is 35.6 Å². The Balaban J connectivity index is 0.000000152. The van der Waals surface area contributed by atoms with Crippen molar-refractivity contribution in [3.05, 3.63) is 170 Å². The summed E-state index contributed by atoms with van der Waals surface area (Å²) in [6, 6.07) is 58.1. The summed E-state index contributed by atoms with van der Waals surface area (Å²) in [5, 5.41) is 37.8. The maximum Gasteiger partial charge on any atom is 1.00 e. The van der Waals surface area contributed by atoms with E-state index in [9.17, 15) is 57.5 Å². The van der Waals surface area contributed by atoms with E-state index in [1.807, 2.05) is 48.5 Å². The molecule has 8 bridgehead atoms. The zero-order valence-electron chi connectivity index (χ0n) is 53.3. The van der Waals surface area contributed by atoms with Crippen LogP contribution in [0.15, 0.2) is 199 Å². The van der Waals surface area contributed by atoms with E-state index in [-0.39, 0.29) is 88.9 Å². The minimum atomic E-state index is -4.01. The Hall–Kier alpha value is -5.11. The second kappa shape index (κ2) is 34.2. The molecule has 6 atom stereocenters. The quantitative estimate of drug-likeness (QED) is 0.0123. The molecule has 2 saturated heterocycles. The number of carbonyl (C=O) groups is 4. The molecular weight excluding hydrogens is 1390 g/mol. The van der Waals surface area contributed by atoms with E-state index in [1.54, 1.807) is 0 Å². The summed E-state index contributed by atoms with van der Waals surface area (Å²) in [6.07, 6.45) is 9.49. The van der Waals surface area contributed by atoms with Crippen LogP contribution in [0.5, 0.6) is 11.5 Å². The van der Waals surface area contributed by atoms with Gasteiger partial charge < -0.3 is 61.6 Å². The minimum absolute atomic E-state index is 0. The standard InChI is InChI=1S/2C22H19O3S.2C13H18F2O6S.ClH.Na/c2*23-22-21(15-16-24-22)25-17-11-13-20(14-12-17)26(18-7-3-1-4-8-18)19-9-5-2-6-10-19;2*14-13(15,22-21-20-18)10(16)19-7-11-2-8-1-9(3-11)5-12(17,4-8)6-11;;/h2*1-14,21H,15-16H2;2*8-9,17-18H,1-7H2;1H;/q2*+1;;;;+1/p-3. The van der Waals surface area contributed by atoms with Crippen molar-refractivity contribution in [2.75, 3.05) is 26.4 Å². The molecule has 8 saturated carbocycles. The van der Waals surface area contributed by atoms with Crippen molar-refractivity contribution >= 4 is 69.8 Å². The van der Waals surface area contributed by atoms with Crippen LogP contribution in [-0.4, -0.2) is 94.4 Å². The zero-order chi connectivity index (χ0) is 67.6. The van der Waals surface area contributed by atoms with E-state index < -0.39 is 80.8 Å². The molecule has 0 amide bonds. The van der Waals surface area contributed by atoms with E-state index in [4.69, 9.17) is 28.4 Å². The molecule has 8 aliphatic carbocycles. The fourth-order valence-corrected chi connectivity index (χ4v) is 20.4. The van der Waals surface area contributed by atoms with Crippen LogP contribution in [0.4, 0.5) is 17.6 Å². The Morgan fingerprint density at radius 2 is 0.765 bits per heavy atom. The van der Waals surface area contributed by atoms with Crippen LogP contribution in [0.25, 0.3) is 0 Å². The molecule has 6 aromatic carbocycles. The first kappa shape index (κ1) is 77.1. The topological polar surface area (TPSA) is 247 Å². The van der Waals surface area contributed by atoms with Crippen LogP contribution in [-0.2, 0) is 78.7 Å². The molecule has 10 fully saturated rings. The molecule has 0 spiro atoms. The summed E-state index contributed by atoms with van der Waals surface area (Å²) < 4.78 is 91.3. The number of benzene rings is 6. The normalized spacial score (nSPS) is 26.7. The first-order valence-electron chi connectivity index (χ1n) is 31.5. The van der Waals surface area contributed by atoms with Crippen molar-refractivity contribution in [2.24, 2.45) is 34.5 Å². The maximum atomic E-state index is 13.3. The van der Waals surface area contributed by atoms with Crippen molar-refractivity contribution in [2.45, 2.75) is 153 Å². The van der Waals surface area contributed by atoms with E-state index in [2.05, 4.69) is 140 Å². The van der Waals surface area contributed by atoms with Gasteiger partial charge in [-0.2, -0.15) is 26.2 Å². The van der Waals surface area contributed by atoms with Crippen molar-refractivity contribution in [3.8, 4) is 11.5 Å². The third kappa shape index (κ3) is 19.7. The molecule has 2 heterocycles. The van der Waals surface area contributed by atoms with Gasteiger partial charge in [0.2, 0.25) is 0 Å². The largest absolute Gasteiger partial charge is 1.00 e. The number of hydrogen-bond acceptors (Lipinski definition) is 20. The van der Waals surface area contributed by atoms with Gasteiger partial charge in [-0.3, -0.25) is 10.1 Å². The average molecular weight is 1460 g/mol. The Morgan fingerprint density at radius 3 is 1.02 bits per heavy atom. The van der Waals surface area contributed by atoms with Gasteiger partial charge in [-0.1, -0.05) is 72.8 Å². The molecule has 0 radical (unpaired) electrons. The van der Waals surface area contributed by atoms with Crippen LogP contribution in [0.3, 0.4) is 0 Å². The smallest absolute Gasteiger partial charge is 1.00 e. The summed E-state index contributed by atoms with van der Waals surface area (Å²) in [7, 11) is -0.362. The molecule has 2 aliphatic heterocycles. The zero-order valence-corrected chi connectivity index (χ0v) is 59.3. The number of carbonyl (C=O) groups excluding carboxylic acids is 4. The number of esters is 4. The molecule has 0 aromatic heterocycles. The molecule has 2 N–H and O–H groups in total. The van der Waals surface area contributed by atoms with Gasteiger partial charge in [-0.05, 0) is 198 Å². The van der Waals surface area contributed by atoms with Crippen molar-refractivity contribution in [1.82, 2.24) is 0 Å². The molecule has 10 aliphatic rings. The SMILES string of the molecule is O=C(OCC12CC3CC(CC(O)(C3)C1)C2)C(F)(F)SOO[O-].O=C(OCC12CC3CC(CC(O)(C3)C1)C2)C(F)(F)SOO[O-].O=C1OCCC1Oc1ccc([S+](c2ccccc2)c2ccccc2)cc1.O=C1OCCC1Oc1ccc([S+](c2ccccc2)c2ccccc2)cc1.[Cl-].[Na+]. The van der Waals surface area contributed by atoms with Crippen LogP contribution in [0.1, 0.15) is 89.9 Å². The average Bonchev–Trinajstić information content (AvgIpc) is 0.777. The number of halogens is 5. The fourth-order valence-electron chi connectivity index (χ4n) is 15.8. The Morgan fingerprint density at radius 1 is 0.480 bits per heavy atom. The second-order valence-corrected chi connectivity index (χ2v) is 31.6. The van der Waals surface area contributed by atoms with Crippen LogP contribution in [0, 0.1) is 34.5 Å². The van der Waals surface area contributed by atoms with E-state index >= 15 is 0 Å². The monoisotopic (exact) mass is 1460 g/mol. The molecule has 28 heteroatoms. The molecule has 98 heavy (non-hydrogen) atoms. The van der Waals surface area contributed by atoms with Gasteiger partial charge >= 0.3 is 63.9 Å². The van der Waals surface area contributed by atoms with Gasteiger partial charge in [-0.25, -0.2) is 19.2 Å². The van der Waals surface area contributed by atoms with Crippen molar-refractivity contribution in [1.29, 1.82) is 0 Å². The third-order valence-corrected chi connectivity index (χ3v) is 24.0. The maximum absolute atomic E-state index is 13.3. The second-order valence-electron chi connectivity index (χ2n) is 25.9. The Kier molecular flexibility index (Phi) is 26.9. The summed E-state index contributed by atoms with van der Waals surface area (Å²) in [4.78, 5) is 53.6. The molecule has 6 unspecified atom stereocenters. The first-order valence-corrected chi connectivity index (χ1v) is 35.5. The van der Waals surface area contributed by atoms with Crippen LogP contribution < -0.4 is 62.0 Å². The van der Waals surface area contributed by atoms with Crippen LogP contribution >= 0.6 is 24.1 Å². The fraction of sp³-hybridized carbons (Fsp3) is 0.429. The van der Waals surface area contributed by atoms with E-state index in [0.29, 0.717) is 74.1 Å². The van der Waals surface area contributed by atoms with Gasteiger partial charge in [0.25, 0.3) is 0 Å². The minimum Gasteiger partial charge on any atom is -1.00 e. The number of cyclic esters (lactones) is 2. The van der Waals surface area contributed by atoms with Gasteiger partial charge in [0.15, 0.2) is 41.6 Å². The van der Waals surface area contributed by atoms with Crippen LogP contribution in [0.2, 0.25) is 0 Å². The van der Waals surface area contributed by atoms with E-state index in [1.165, 1.54) is 29.4 Å². The van der Waals surface area contributed by atoms with Crippen molar-refractivity contribution < 1.29 is 147 Å². The molecule has 16 rings (SSSR count). The number of rotatable bonds is 22. The summed E-state index contributed by atoms with van der Waals surface area (Å²) in [5.74, 6) is -1.20. The van der Waals surface area contributed by atoms with Gasteiger partial charge in [0.05, 0.1) is 59.4 Å². The molecule has 520 valence electrons. The number of ether oxygens (including phenoxy) is 6. The number of hydrogen-bond donors (Lipinski definition) is 2. The number of aliphatic hydroxyl groups is 2. The molecular formula is C70H72ClF4NaO18S4. The predicted molar refractivity (Wildman–Crippen MR) is 338 cm³/mol. The third-order valence-electron chi connectivity index (χ3n) is 18.5. The predicted octanol–water partition coefficient (Wildman–Crippen LogP) is 5.61. The summed E-state index contributed by atoms with van der Waals surface area (Å²) in [6.45, 7) is 0.588. The molecule has 6 aromatic rings. The van der Waals surface area contributed by atoms with Gasteiger partial charge in [0, 0.05) is 23.7 Å². The number of alkyl halides is 4. The molecule has 18 nitrogen and oxygen atoms in total. The van der Waals surface area contributed by atoms with Gasteiger partial charge in [-0.15, -0.1) is 0 Å². The van der Waals surface area contributed by atoms with Crippen molar-refractivity contribution in [3.63, 3.8) is 0 Å².